The Kier molecular flexibility index (Phi) is 4.11. The molecule has 0 fully saturated rings. The van der Waals surface area contributed by atoms with Gasteiger partial charge in [-0.2, -0.15) is 0 Å². The van der Waals surface area contributed by atoms with Crippen molar-refractivity contribution in [1.29, 1.82) is 0 Å². The van der Waals surface area contributed by atoms with Gasteiger partial charge in [0.1, 0.15) is 0 Å². The Hall–Kier alpha value is -1.67. The van der Waals surface area contributed by atoms with Crippen LogP contribution < -0.4 is 5.32 Å². The highest BCUT2D eigenvalue weighted by molar-refractivity contribution is 5.82. The minimum absolute atomic E-state index is 0.883. The van der Waals surface area contributed by atoms with Gasteiger partial charge < -0.3 is 5.32 Å². The fraction of sp³-hybridized carbons (Fsp3) is 0.312. The van der Waals surface area contributed by atoms with Crippen LogP contribution in [0.25, 0.3) is 10.9 Å². The number of benzene rings is 1. The number of hydrogen-bond acceptors (Lipinski definition) is 2. The number of allylic oxidation sites excluding steroid dienone is 1. The molecule has 1 N–H and O–H groups in total. The normalized spacial score (nSPS) is 10.6. The summed E-state index contributed by atoms with van der Waals surface area (Å²) in [7, 11) is 0. The first kappa shape index (κ1) is 12.8. The molecule has 18 heavy (non-hydrogen) atoms. The number of aromatic nitrogens is 1. The highest BCUT2D eigenvalue weighted by Gasteiger charge is 2.02. The van der Waals surface area contributed by atoms with Gasteiger partial charge in [0.25, 0.3) is 0 Å². The number of hydrogen-bond donors (Lipinski definition) is 1. The summed E-state index contributed by atoms with van der Waals surface area (Å²) in [4.78, 5) is 4.55. The average Bonchev–Trinajstić information content (AvgIpc) is 2.34. The Bertz CT molecular complexity index is 566. The molecule has 0 saturated carbocycles. The van der Waals surface area contributed by atoms with E-state index in [-0.39, 0.29) is 0 Å². The predicted molar refractivity (Wildman–Crippen MR) is 77.6 cm³/mol. The van der Waals surface area contributed by atoms with Crippen molar-refractivity contribution in [2.75, 3.05) is 6.54 Å². The number of fused-ring (bicyclic) bond motifs is 1. The molecule has 0 aliphatic carbocycles. The van der Waals surface area contributed by atoms with Crippen LogP contribution >= 0.6 is 0 Å². The molecule has 2 rings (SSSR count). The van der Waals surface area contributed by atoms with Crippen molar-refractivity contribution in [3.05, 3.63) is 53.2 Å². The van der Waals surface area contributed by atoms with Gasteiger partial charge in [0.15, 0.2) is 0 Å². The molecule has 2 nitrogen and oxygen atoms in total. The predicted octanol–water partition coefficient (Wildman–Crippen LogP) is 3.60. The Balaban J connectivity index is 2.19. The minimum atomic E-state index is 0.883. The van der Waals surface area contributed by atoms with Gasteiger partial charge in [-0.1, -0.05) is 29.8 Å². The van der Waals surface area contributed by atoms with E-state index in [1.165, 1.54) is 16.5 Å². The molecule has 94 valence electrons. The molecule has 2 aromatic rings. The number of aryl methyl sites for hydroxylation is 1. The van der Waals surface area contributed by atoms with Crippen LogP contribution in [0.2, 0.25) is 0 Å². The van der Waals surface area contributed by atoms with E-state index in [4.69, 9.17) is 0 Å². The second-order valence-electron chi connectivity index (χ2n) is 4.85. The van der Waals surface area contributed by atoms with Gasteiger partial charge in [0.05, 0.1) is 5.52 Å². The van der Waals surface area contributed by atoms with Crippen molar-refractivity contribution in [1.82, 2.24) is 10.3 Å². The van der Waals surface area contributed by atoms with Crippen LogP contribution in [0.1, 0.15) is 25.1 Å². The fourth-order valence-corrected chi connectivity index (χ4v) is 2.02. The smallest absolute Gasteiger partial charge is 0.0708 e. The third kappa shape index (κ3) is 3.17. The van der Waals surface area contributed by atoms with E-state index in [9.17, 15) is 0 Å². The van der Waals surface area contributed by atoms with Gasteiger partial charge in [0.2, 0.25) is 0 Å². The third-order valence-electron chi connectivity index (χ3n) is 2.90. The molecule has 0 unspecified atom stereocenters. The van der Waals surface area contributed by atoms with E-state index in [0.29, 0.717) is 0 Å². The Morgan fingerprint density at radius 1 is 1.28 bits per heavy atom. The first-order valence-electron chi connectivity index (χ1n) is 6.36. The summed E-state index contributed by atoms with van der Waals surface area (Å²) in [5, 5.41) is 4.69. The number of nitrogens with one attached hydrogen (secondary N) is 1. The molecule has 0 atom stereocenters. The molecule has 0 bridgehead atoms. The number of rotatable bonds is 4. The Labute approximate surface area is 109 Å². The van der Waals surface area contributed by atoms with Gasteiger partial charge in [-0.3, -0.25) is 4.98 Å². The Morgan fingerprint density at radius 3 is 2.83 bits per heavy atom. The van der Waals surface area contributed by atoms with Crippen LogP contribution in [0, 0.1) is 6.92 Å². The van der Waals surface area contributed by atoms with Crippen LogP contribution in [0.3, 0.4) is 0 Å². The third-order valence-corrected chi connectivity index (χ3v) is 2.90. The van der Waals surface area contributed by atoms with Crippen LogP contribution in [-0.2, 0) is 6.54 Å². The summed E-state index contributed by atoms with van der Waals surface area (Å²) in [6, 6.07) is 10.5. The summed E-state index contributed by atoms with van der Waals surface area (Å²) >= 11 is 0. The Morgan fingerprint density at radius 2 is 2.06 bits per heavy atom. The maximum absolute atomic E-state index is 4.55. The highest BCUT2D eigenvalue weighted by Crippen LogP contribution is 2.17. The zero-order valence-electron chi connectivity index (χ0n) is 11.3. The van der Waals surface area contributed by atoms with Crippen LogP contribution in [-0.4, -0.2) is 11.5 Å². The second-order valence-corrected chi connectivity index (χ2v) is 4.85. The lowest BCUT2D eigenvalue weighted by atomic mass is 10.1. The lowest BCUT2D eigenvalue weighted by molar-refractivity contribution is 0.760. The first-order valence-corrected chi connectivity index (χ1v) is 6.36. The van der Waals surface area contributed by atoms with Gasteiger partial charge in [0, 0.05) is 24.2 Å². The van der Waals surface area contributed by atoms with E-state index < -0.39 is 0 Å². The summed E-state index contributed by atoms with van der Waals surface area (Å²) in [5.41, 5.74) is 4.82. The maximum Gasteiger partial charge on any atom is 0.0708 e. The van der Waals surface area contributed by atoms with Gasteiger partial charge in [-0.15, -0.1) is 0 Å². The van der Waals surface area contributed by atoms with Crippen LogP contribution in [0.4, 0.5) is 0 Å². The van der Waals surface area contributed by atoms with Crippen molar-refractivity contribution in [2.24, 2.45) is 0 Å². The standard InChI is InChI=1S/C16H20N2/c1-12(2)8-9-17-11-14-10-13(3)18-16-7-5-4-6-15(14)16/h4-8,10,17H,9,11H2,1-3H3. The second kappa shape index (κ2) is 5.78. The SMILES string of the molecule is CC(C)=CCNCc1cc(C)nc2ccccc12. The maximum atomic E-state index is 4.55. The molecule has 0 spiro atoms. The lowest BCUT2D eigenvalue weighted by Gasteiger charge is -2.08. The van der Waals surface area contributed by atoms with Gasteiger partial charge in [-0.25, -0.2) is 0 Å². The molecule has 0 aliphatic rings. The lowest BCUT2D eigenvalue weighted by Crippen LogP contribution is -2.13. The summed E-state index contributed by atoms with van der Waals surface area (Å²) in [5.74, 6) is 0. The molecule has 1 heterocycles. The molecule has 1 aromatic carbocycles. The molecule has 0 radical (unpaired) electrons. The summed E-state index contributed by atoms with van der Waals surface area (Å²) < 4.78 is 0. The van der Waals surface area contributed by atoms with Crippen molar-refractivity contribution in [3.63, 3.8) is 0 Å². The molecular formula is C16H20N2. The average molecular weight is 240 g/mol. The largest absolute Gasteiger partial charge is 0.309 e. The molecule has 0 aliphatic heterocycles. The number of para-hydroxylation sites is 1. The van der Waals surface area contributed by atoms with Gasteiger partial charge in [-0.05, 0) is 38.5 Å². The molecule has 2 heteroatoms. The zero-order chi connectivity index (χ0) is 13.0. The first-order chi connectivity index (χ1) is 8.66. The van der Waals surface area contributed by atoms with Crippen molar-refractivity contribution >= 4 is 10.9 Å². The van der Waals surface area contributed by atoms with Crippen LogP contribution in [0.5, 0.6) is 0 Å². The molecule has 1 aromatic heterocycles. The van der Waals surface area contributed by atoms with Crippen LogP contribution in [0.15, 0.2) is 42.0 Å². The summed E-state index contributed by atoms with van der Waals surface area (Å²) in [6.07, 6.45) is 2.20. The monoisotopic (exact) mass is 240 g/mol. The zero-order valence-corrected chi connectivity index (χ0v) is 11.3. The minimum Gasteiger partial charge on any atom is -0.309 e. The van der Waals surface area contributed by atoms with E-state index in [2.05, 4.69) is 54.5 Å². The van der Waals surface area contributed by atoms with Gasteiger partial charge >= 0.3 is 0 Å². The van der Waals surface area contributed by atoms with E-state index in [0.717, 1.165) is 24.3 Å². The topological polar surface area (TPSA) is 24.9 Å². The van der Waals surface area contributed by atoms with E-state index in [1.54, 1.807) is 0 Å². The van der Waals surface area contributed by atoms with E-state index >= 15 is 0 Å². The molecular weight excluding hydrogens is 220 g/mol. The highest BCUT2D eigenvalue weighted by atomic mass is 14.8. The molecule has 0 saturated heterocycles. The fourth-order valence-electron chi connectivity index (χ4n) is 2.02. The molecule has 0 amide bonds. The number of nitrogens with zero attached hydrogens (tertiary/aromatic N) is 1. The summed E-state index contributed by atoms with van der Waals surface area (Å²) in [6.45, 7) is 8.08. The van der Waals surface area contributed by atoms with Crippen molar-refractivity contribution in [3.8, 4) is 0 Å². The van der Waals surface area contributed by atoms with Crippen molar-refractivity contribution < 1.29 is 0 Å². The van der Waals surface area contributed by atoms with E-state index in [1.807, 2.05) is 13.0 Å². The van der Waals surface area contributed by atoms with Crippen molar-refractivity contribution in [2.45, 2.75) is 27.3 Å². The quantitative estimate of drug-likeness (QED) is 0.652. The number of pyridine rings is 1.